The third kappa shape index (κ3) is 5.22. The van der Waals surface area contributed by atoms with Gasteiger partial charge in [0.05, 0.1) is 0 Å². The van der Waals surface area contributed by atoms with Gasteiger partial charge in [0, 0.05) is 5.41 Å². The molecule has 0 saturated carbocycles. The van der Waals surface area contributed by atoms with Crippen LogP contribution in [0.4, 0.5) is 4.79 Å². The summed E-state index contributed by atoms with van der Waals surface area (Å²) in [5.74, 6) is 0. The SMILES string of the molecule is CC(C)(C=O)CC(C)(C)OC(N)=O. The maximum Gasteiger partial charge on any atom is 0.405 e. The van der Waals surface area contributed by atoms with Gasteiger partial charge in [0.2, 0.25) is 0 Å². The lowest BCUT2D eigenvalue weighted by molar-refractivity contribution is -0.117. The molecule has 2 N–H and O–H groups in total. The van der Waals surface area contributed by atoms with Gasteiger partial charge in [-0.2, -0.15) is 0 Å². The predicted molar refractivity (Wildman–Crippen MR) is 49.2 cm³/mol. The number of ether oxygens (including phenoxy) is 1. The molecule has 1 amide bonds. The van der Waals surface area contributed by atoms with Crippen molar-refractivity contribution in [3.05, 3.63) is 0 Å². The molecule has 0 radical (unpaired) electrons. The number of rotatable bonds is 4. The van der Waals surface area contributed by atoms with Crippen molar-refractivity contribution < 1.29 is 14.3 Å². The molecule has 0 aliphatic rings. The summed E-state index contributed by atoms with van der Waals surface area (Å²) in [6, 6.07) is 0. The van der Waals surface area contributed by atoms with E-state index in [0.717, 1.165) is 6.29 Å². The van der Waals surface area contributed by atoms with E-state index in [-0.39, 0.29) is 0 Å². The van der Waals surface area contributed by atoms with Crippen LogP contribution in [0.3, 0.4) is 0 Å². The van der Waals surface area contributed by atoms with E-state index in [1.54, 1.807) is 27.7 Å². The topological polar surface area (TPSA) is 69.4 Å². The van der Waals surface area contributed by atoms with Crippen LogP contribution in [0.25, 0.3) is 0 Å². The average molecular weight is 187 g/mol. The largest absolute Gasteiger partial charge is 0.444 e. The van der Waals surface area contributed by atoms with Crippen molar-refractivity contribution in [3.8, 4) is 0 Å². The Morgan fingerprint density at radius 2 is 1.85 bits per heavy atom. The second kappa shape index (κ2) is 3.77. The van der Waals surface area contributed by atoms with Gasteiger partial charge < -0.3 is 15.3 Å². The highest BCUT2D eigenvalue weighted by atomic mass is 16.6. The van der Waals surface area contributed by atoms with E-state index < -0.39 is 17.1 Å². The Hall–Kier alpha value is -1.06. The van der Waals surface area contributed by atoms with E-state index in [9.17, 15) is 9.59 Å². The number of amides is 1. The maximum absolute atomic E-state index is 10.6. The number of hydrogen-bond acceptors (Lipinski definition) is 3. The second-order valence-corrected chi connectivity index (χ2v) is 4.46. The van der Waals surface area contributed by atoms with Gasteiger partial charge in [-0.15, -0.1) is 0 Å². The van der Waals surface area contributed by atoms with E-state index in [2.05, 4.69) is 0 Å². The number of hydrogen-bond donors (Lipinski definition) is 1. The van der Waals surface area contributed by atoms with E-state index in [4.69, 9.17) is 10.5 Å². The van der Waals surface area contributed by atoms with Crippen LogP contribution >= 0.6 is 0 Å². The summed E-state index contributed by atoms with van der Waals surface area (Å²) in [6.45, 7) is 7.02. The molecule has 0 aromatic rings. The van der Waals surface area contributed by atoms with E-state index in [0.29, 0.717) is 6.42 Å². The Balaban J connectivity index is 4.32. The number of nitrogens with two attached hydrogens (primary N) is 1. The molecule has 0 aromatic carbocycles. The molecule has 0 fully saturated rings. The molecule has 0 heterocycles. The van der Waals surface area contributed by atoms with E-state index >= 15 is 0 Å². The summed E-state index contributed by atoms with van der Waals surface area (Å²) >= 11 is 0. The van der Waals surface area contributed by atoms with Gasteiger partial charge in [-0.25, -0.2) is 4.79 Å². The van der Waals surface area contributed by atoms with Crippen LogP contribution in [0.15, 0.2) is 0 Å². The minimum Gasteiger partial charge on any atom is -0.444 e. The summed E-state index contributed by atoms with van der Waals surface area (Å²) in [6.07, 6.45) is 0.484. The highest BCUT2D eigenvalue weighted by Gasteiger charge is 2.31. The zero-order valence-corrected chi connectivity index (χ0v) is 8.59. The van der Waals surface area contributed by atoms with Crippen LogP contribution in [-0.4, -0.2) is 18.0 Å². The monoisotopic (exact) mass is 187 g/mol. The number of aldehydes is 1. The predicted octanol–water partition coefficient (Wildman–Crippen LogP) is 1.48. The van der Waals surface area contributed by atoms with Crippen molar-refractivity contribution in [1.82, 2.24) is 0 Å². The molecule has 0 atom stereocenters. The van der Waals surface area contributed by atoms with Gasteiger partial charge in [0.15, 0.2) is 0 Å². The summed E-state index contributed by atoms with van der Waals surface area (Å²) in [5, 5.41) is 0. The molecule has 0 saturated heterocycles. The Morgan fingerprint density at radius 3 is 2.15 bits per heavy atom. The molecule has 0 aliphatic heterocycles. The number of carbonyl (C=O) groups excluding carboxylic acids is 2. The van der Waals surface area contributed by atoms with Crippen LogP contribution in [0, 0.1) is 5.41 Å². The summed E-state index contributed by atoms with van der Waals surface area (Å²) in [5.41, 5.74) is 3.69. The molecule has 0 unspecified atom stereocenters. The second-order valence-electron chi connectivity index (χ2n) is 4.46. The molecule has 0 aromatic heterocycles. The average Bonchev–Trinajstić information content (AvgIpc) is 1.81. The molecule has 13 heavy (non-hydrogen) atoms. The molecule has 0 rings (SSSR count). The van der Waals surface area contributed by atoms with Crippen molar-refractivity contribution >= 4 is 12.4 Å². The molecule has 0 aliphatic carbocycles. The molecule has 0 spiro atoms. The Kier molecular flexibility index (Phi) is 3.46. The zero-order chi connectivity index (χ0) is 10.7. The van der Waals surface area contributed by atoms with Crippen molar-refractivity contribution in [2.45, 2.75) is 39.7 Å². The van der Waals surface area contributed by atoms with Gasteiger partial charge in [-0.3, -0.25) is 0 Å². The van der Waals surface area contributed by atoms with Crippen LogP contribution in [0.5, 0.6) is 0 Å². The molecule has 0 bridgehead atoms. The fraction of sp³-hybridized carbons (Fsp3) is 0.778. The lowest BCUT2D eigenvalue weighted by atomic mass is 9.83. The number of carbonyl (C=O) groups is 2. The van der Waals surface area contributed by atoms with Gasteiger partial charge in [0.25, 0.3) is 0 Å². The van der Waals surface area contributed by atoms with Crippen molar-refractivity contribution in [2.75, 3.05) is 0 Å². The Bertz CT molecular complexity index is 209. The molecular weight excluding hydrogens is 170 g/mol. The van der Waals surface area contributed by atoms with Crippen LogP contribution in [0.2, 0.25) is 0 Å². The summed E-state index contributed by atoms with van der Waals surface area (Å²) in [4.78, 5) is 21.1. The highest BCUT2D eigenvalue weighted by molar-refractivity contribution is 5.65. The fourth-order valence-corrected chi connectivity index (χ4v) is 1.45. The van der Waals surface area contributed by atoms with Crippen LogP contribution in [0.1, 0.15) is 34.1 Å². The van der Waals surface area contributed by atoms with Crippen LogP contribution < -0.4 is 5.73 Å². The van der Waals surface area contributed by atoms with Crippen molar-refractivity contribution in [2.24, 2.45) is 11.1 Å². The maximum atomic E-state index is 10.6. The Labute approximate surface area is 78.4 Å². The normalized spacial score (nSPS) is 12.3. The third-order valence-electron chi connectivity index (χ3n) is 1.58. The first kappa shape index (κ1) is 11.9. The summed E-state index contributed by atoms with van der Waals surface area (Å²) in [7, 11) is 0. The lowest BCUT2D eigenvalue weighted by Crippen LogP contribution is -2.36. The third-order valence-corrected chi connectivity index (χ3v) is 1.58. The number of primary amides is 1. The molecule has 4 nitrogen and oxygen atoms in total. The first-order valence-electron chi connectivity index (χ1n) is 4.13. The standard InChI is InChI=1S/C9H17NO3/c1-8(2,6-11)5-9(3,4)13-7(10)12/h6H,5H2,1-4H3,(H2,10,12). The van der Waals surface area contributed by atoms with Crippen LogP contribution in [-0.2, 0) is 9.53 Å². The van der Waals surface area contributed by atoms with E-state index in [1.807, 2.05) is 0 Å². The molecule has 76 valence electrons. The van der Waals surface area contributed by atoms with Gasteiger partial charge in [0.1, 0.15) is 11.9 Å². The summed E-state index contributed by atoms with van der Waals surface area (Å²) < 4.78 is 4.86. The van der Waals surface area contributed by atoms with Gasteiger partial charge in [-0.1, -0.05) is 13.8 Å². The zero-order valence-electron chi connectivity index (χ0n) is 8.59. The minimum atomic E-state index is -0.813. The lowest BCUT2D eigenvalue weighted by Gasteiger charge is -2.30. The quantitative estimate of drug-likeness (QED) is 0.677. The fourth-order valence-electron chi connectivity index (χ4n) is 1.45. The highest BCUT2D eigenvalue weighted by Crippen LogP contribution is 2.28. The minimum absolute atomic E-state index is 0.451. The Morgan fingerprint density at radius 1 is 1.38 bits per heavy atom. The molecule has 4 heteroatoms. The molecular formula is C9H17NO3. The van der Waals surface area contributed by atoms with Gasteiger partial charge in [-0.05, 0) is 20.3 Å². The van der Waals surface area contributed by atoms with Crippen molar-refractivity contribution in [1.29, 1.82) is 0 Å². The first-order valence-corrected chi connectivity index (χ1v) is 4.13. The van der Waals surface area contributed by atoms with Gasteiger partial charge >= 0.3 is 6.09 Å². The van der Waals surface area contributed by atoms with E-state index in [1.165, 1.54) is 0 Å². The van der Waals surface area contributed by atoms with Crippen molar-refractivity contribution in [3.63, 3.8) is 0 Å². The smallest absolute Gasteiger partial charge is 0.405 e. The first-order chi connectivity index (χ1) is 5.68.